The normalized spacial score (nSPS) is 11.5. The molecule has 142 valence electrons. The van der Waals surface area contributed by atoms with E-state index in [-0.39, 0.29) is 30.5 Å². The Morgan fingerprint density at radius 1 is 1.19 bits per heavy atom. The molecule has 0 saturated heterocycles. The Balaban J connectivity index is 2.29. The van der Waals surface area contributed by atoms with Crippen molar-refractivity contribution in [2.45, 2.75) is 25.9 Å². The number of carbonyl (C=O) groups is 2. The van der Waals surface area contributed by atoms with Crippen LogP contribution in [-0.4, -0.2) is 34.7 Å². The highest BCUT2D eigenvalue weighted by Crippen LogP contribution is 2.20. The average Bonchev–Trinajstić information content (AvgIpc) is 2.66. The molecule has 0 aliphatic carbocycles. The lowest BCUT2D eigenvalue weighted by Gasteiger charge is -2.28. The van der Waals surface area contributed by atoms with E-state index >= 15 is 0 Å². The third kappa shape index (κ3) is 5.27. The van der Waals surface area contributed by atoms with Crippen molar-refractivity contribution in [1.82, 2.24) is 10.2 Å². The van der Waals surface area contributed by atoms with E-state index in [1.165, 1.54) is 18.0 Å². The van der Waals surface area contributed by atoms with Gasteiger partial charge in [-0.15, -0.1) is 0 Å². The molecule has 0 aliphatic heterocycles. The van der Waals surface area contributed by atoms with Gasteiger partial charge in [0.2, 0.25) is 11.8 Å². The number of carbonyl (C=O) groups excluding carboxylic acids is 2. The van der Waals surface area contributed by atoms with Gasteiger partial charge in [-0.1, -0.05) is 41.9 Å². The van der Waals surface area contributed by atoms with Crippen molar-refractivity contribution in [2.24, 2.45) is 0 Å². The second-order valence-corrected chi connectivity index (χ2v) is 6.44. The lowest BCUT2D eigenvalue weighted by atomic mass is 10.1. The third-order valence-corrected chi connectivity index (χ3v) is 4.46. The van der Waals surface area contributed by atoms with Crippen molar-refractivity contribution in [3.8, 4) is 0 Å². The van der Waals surface area contributed by atoms with E-state index in [9.17, 15) is 19.7 Å². The van der Waals surface area contributed by atoms with Crippen LogP contribution in [0.3, 0.4) is 0 Å². The molecule has 8 heteroatoms. The molecule has 7 nitrogen and oxygen atoms in total. The summed E-state index contributed by atoms with van der Waals surface area (Å²) in [6.07, 6.45) is -0.175. The number of benzene rings is 2. The smallest absolute Gasteiger partial charge is 0.273 e. The number of nitrogens with zero attached hydrogens (tertiary/aromatic N) is 2. The van der Waals surface area contributed by atoms with E-state index in [0.29, 0.717) is 10.6 Å². The summed E-state index contributed by atoms with van der Waals surface area (Å²) >= 11 is 5.89. The maximum Gasteiger partial charge on any atom is 0.273 e. The van der Waals surface area contributed by atoms with E-state index in [2.05, 4.69) is 5.32 Å². The Labute approximate surface area is 162 Å². The van der Waals surface area contributed by atoms with Gasteiger partial charge < -0.3 is 10.2 Å². The molecule has 2 amide bonds. The number of halogens is 1. The monoisotopic (exact) mass is 389 g/mol. The van der Waals surface area contributed by atoms with E-state index < -0.39 is 11.0 Å². The third-order valence-electron chi connectivity index (χ3n) is 4.21. The summed E-state index contributed by atoms with van der Waals surface area (Å²) in [5.74, 6) is -0.699. The summed E-state index contributed by atoms with van der Waals surface area (Å²) in [7, 11) is 1.49. The largest absolute Gasteiger partial charge is 0.357 e. The fourth-order valence-electron chi connectivity index (χ4n) is 2.68. The minimum atomic E-state index is -0.735. The summed E-state index contributed by atoms with van der Waals surface area (Å²) in [5.41, 5.74) is 0.980. The van der Waals surface area contributed by atoms with Crippen molar-refractivity contribution < 1.29 is 14.5 Å². The van der Waals surface area contributed by atoms with Crippen LogP contribution in [0.4, 0.5) is 5.69 Å². The number of nitrogens with one attached hydrogen (secondary N) is 1. The first kappa shape index (κ1) is 20.4. The molecule has 2 aromatic rings. The molecule has 0 aliphatic rings. The highest BCUT2D eigenvalue weighted by atomic mass is 35.5. The van der Waals surface area contributed by atoms with Crippen molar-refractivity contribution >= 4 is 29.1 Å². The average molecular weight is 390 g/mol. The fourth-order valence-corrected chi connectivity index (χ4v) is 2.81. The van der Waals surface area contributed by atoms with Crippen molar-refractivity contribution in [3.63, 3.8) is 0 Å². The van der Waals surface area contributed by atoms with Crippen LogP contribution in [0.15, 0.2) is 48.5 Å². The first-order chi connectivity index (χ1) is 12.8. The molecule has 0 radical (unpaired) electrons. The summed E-state index contributed by atoms with van der Waals surface area (Å²) in [5, 5.41) is 14.3. The summed E-state index contributed by atoms with van der Waals surface area (Å²) in [6.45, 7) is 1.80. The van der Waals surface area contributed by atoms with Gasteiger partial charge in [0.25, 0.3) is 5.69 Å². The predicted octanol–water partition coefficient (Wildman–Crippen LogP) is 2.95. The second kappa shape index (κ2) is 9.14. The first-order valence-corrected chi connectivity index (χ1v) is 8.69. The van der Waals surface area contributed by atoms with Gasteiger partial charge in [-0.2, -0.15) is 0 Å². The molecular weight excluding hydrogens is 370 g/mol. The van der Waals surface area contributed by atoms with Crippen molar-refractivity contribution in [2.75, 3.05) is 7.05 Å². The number of nitro groups is 1. The maximum absolute atomic E-state index is 12.9. The van der Waals surface area contributed by atoms with Crippen molar-refractivity contribution in [1.29, 1.82) is 0 Å². The van der Waals surface area contributed by atoms with Gasteiger partial charge in [-0.25, -0.2) is 0 Å². The zero-order valence-electron chi connectivity index (χ0n) is 15.0. The number of nitro benzene ring substituents is 1. The van der Waals surface area contributed by atoms with Crippen LogP contribution in [-0.2, 0) is 22.6 Å². The van der Waals surface area contributed by atoms with Gasteiger partial charge in [0.15, 0.2) is 0 Å². The molecule has 0 fully saturated rings. The molecule has 0 saturated carbocycles. The van der Waals surface area contributed by atoms with Gasteiger partial charge in [0.1, 0.15) is 6.04 Å². The Bertz CT molecular complexity index is 839. The van der Waals surface area contributed by atoms with Gasteiger partial charge in [-0.05, 0) is 24.6 Å². The Kier molecular flexibility index (Phi) is 6.90. The standard InChI is InChI=1S/C19H20ClN3O4/c1-13(19(25)21-2)22(12-14-7-9-16(20)10-8-14)18(24)11-15-5-3-4-6-17(15)23(26)27/h3-10,13H,11-12H2,1-2H3,(H,21,25). The van der Waals surface area contributed by atoms with Crippen LogP contribution in [0.2, 0.25) is 5.02 Å². The second-order valence-electron chi connectivity index (χ2n) is 6.00. The Morgan fingerprint density at radius 3 is 2.41 bits per heavy atom. The summed E-state index contributed by atoms with van der Waals surface area (Å²) < 4.78 is 0. The summed E-state index contributed by atoms with van der Waals surface area (Å²) in [6, 6.07) is 12.3. The van der Waals surface area contributed by atoms with Gasteiger partial charge >= 0.3 is 0 Å². The molecule has 1 N–H and O–H groups in total. The fraction of sp³-hybridized carbons (Fsp3) is 0.263. The molecule has 0 heterocycles. The molecule has 1 atom stereocenters. The van der Waals surface area contributed by atoms with Gasteiger partial charge in [0.05, 0.1) is 11.3 Å². The maximum atomic E-state index is 12.9. The lowest BCUT2D eigenvalue weighted by Crippen LogP contribution is -2.47. The van der Waals surface area contributed by atoms with E-state index in [4.69, 9.17) is 11.6 Å². The number of hydrogen-bond acceptors (Lipinski definition) is 4. The quantitative estimate of drug-likeness (QED) is 0.582. The molecule has 2 rings (SSSR count). The minimum Gasteiger partial charge on any atom is -0.357 e. The SMILES string of the molecule is CNC(=O)C(C)N(Cc1ccc(Cl)cc1)C(=O)Cc1ccccc1[N+](=O)[O-]. The number of para-hydroxylation sites is 1. The highest BCUT2D eigenvalue weighted by molar-refractivity contribution is 6.30. The molecule has 1 unspecified atom stereocenters. The van der Waals surface area contributed by atoms with Crippen LogP contribution in [0, 0.1) is 10.1 Å². The first-order valence-electron chi connectivity index (χ1n) is 8.31. The topological polar surface area (TPSA) is 92.6 Å². The number of amides is 2. The lowest BCUT2D eigenvalue weighted by molar-refractivity contribution is -0.385. The van der Waals surface area contributed by atoms with E-state index in [1.54, 1.807) is 49.4 Å². The van der Waals surface area contributed by atoms with Gasteiger partial charge in [-0.3, -0.25) is 19.7 Å². The molecule has 0 bridgehead atoms. The number of likely N-dealkylation sites (N-methyl/N-ethyl adjacent to an activating group) is 1. The molecule has 0 spiro atoms. The molecule has 27 heavy (non-hydrogen) atoms. The Morgan fingerprint density at radius 2 is 1.81 bits per heavy atom. The zero-order valence-corrected chi connectivity index (χ0v) is 15.8. The molecule has 0 aromatic heterocycles. The molecule has 2 aromatic carbocycles. The Hall–Kier alpha value is -2.93. The van der Waals surface area contributed by atoms with Crippen LogP contribution < -0.4 is 5.32 Å². The van der Waals surface area contributed by atoms with Crippen LogP contribution >= 0.6 is 11.6 Å². The van der Waals surface area contributed by atoms with Crippen LogP contribution in [0.25, 0.3) is 0 Å². The van der Waals surface area contributed by atoms with Crippen LogP contribution in [0.1, 0.15) is 18.1 Å². The molecular formula is C19H20ClN3O4. The highest BCUT2D eigenvalue weighted by Gasteiger charge is 2.27. The van der Waals surface area contributed by atoms with E-state index in [0.717, 1.165) is 5.56 Å². The van der Waals surface area contributed by atoms with Gasteiger partial charge in [0, 0.05) is 30.2 Å². The van der Waals surface area contributed by atoms with Crippen LogP contribution in [0.5, 0.6) is 0 Å². The summed E-state index contributed by atoms with van der Waals surface area (Å²) in [4.78, 5) is 37.1. The van der Waals surface area contributed by atoms with Crippen molar-refractivity contribution in [3.05, 3.63) is 74.8 Å². The zero-order chi connectivity index (χ0) is 20.0. The number of rotatable bonds is 7. The van der Waals surface area contributed by atoms with E-state index in [1.807, 2.05) is 0 Å². The number of hydrogen-bond donors (Lipinski definition) is 1. The minimum absolute atomic E-state index is 0.120. The predicted molar refractivity (Wildman–Crippen MR) is 102 cm³/mol.